The molecule has 1 aromatic rings. The molecular formula is C14H19NO4S. The maximum atomic E-state index is 11.7. The highest BCUT2D eigenvalue weighted by molar-refractivity contribution is 8.00. The number of anilines is 1. The topological polar surface area (TPSA) is 75.6 Å². The van der Waals surface area contributed by atoms with E-state index in [1.807, 2.05) is 39.0 Å². The summed E-state index contributed by atoms with van der Waals surface area (Å²) in [6.07, 6.45) is 0. The summed E-state index contributed by atoms with van der Waals surface area (Å²) in [5, 5.41) is 11.5. The summed E-state index contributed by atoms with van der Waals surface area (Å²) in [7, 11) is 0. The van der Waals surface area contributed by atoms with Crippen molar-refractivity contribution in [2.24, 2.45) is 0 Å². The average molecular weight is 297 g/mol. The monoisotopic (exact) mass is 297 g/mol. The third-order valence-electron chi connectivity index (χ3n) is 2.08. The largest absolute Gasteiger partial charge is 0.480 e. The fraction of sp³-hybridized carbons (Fsp3) is 0.429. The molecule has 0 bridgehead atoms. The number of benzene rings is 1. The van der Waals surface area contributed by atoms with Gasteiger partial charge in [0.05, 0.1) is 5.75 Å². The first-order valence-corrected chi connectivity index (χ1v) is 7.16. The molecule has 0 fully saturated rings. The van der Waals surface area contributed by atoms with E-state index >= 15 is 0 Å². The standard InChI is InChI=1S/C14H19NO4S/c1-14(2,3)19-13(18)9-20-11-7-5-4-6-10(11)15-8-12(16)17/h4-7,15H,8-9H2,1-3H3,(H,16,17). The SMILES string of the molecule is CC(C)(C)OC(=O)CSc1ccccc1NCC(=O)O. The highest BCUT2D eigenvalue weighted by Crippen LogP contribution is 2.27. The Hall–Kier alpha value is -1.69. The van der Waals surface area contributed by atoms with Gasteiger partial charge in [-0.1, -0.05) is 12.1 Å². The number of para-hydroxylation sites is 1. The van der Waals surface area contributed by atoms with Crippen molar-refractivity contribution in [3.8, 4) is 0 Å². The number of esters is 1. The molecule has 0 saturated carbocycles. The van der Waals surface area contributed by atoms with Crippen LogP contribution in [0.3, 0.4) is 0 Å². The van der Waals surface area contributed by atoms with Gasteiger partial charge in [0, 0.05) is 10.6 Å². The highest BCUT2D eigenvalue weighted by Gasteiger charge is 2.16. The summed E-state index contributed by atoms with van der Waals surface area (Å²) >= 11 is 1.32. The Bertz CT molecular complexity index is 482. The van der Waals surface area contributed by atoms with Gasteiger partial charge >= 0.3 is 11.9 Å². The number of carbonyl (C=O) groups excluding carboxylic acids is 1. The first kappa shape index (κ1) is 16.4. The van der Waals surface area contributed by atoms with E-state index in [0.29, 0.717) is 5.69 Å². The van der Waals surface area contributed by atoms with Crippen LogP contribution in [0, 0.1) is 0 Å². The van der Waals surface area contributed by atoms with Crippen LogP contribution < -0.4 is 5.32 Å². The summed E-state index contributed by atoms with van der Waals surface area (Å²) in [5.41, 5.74) is 0.196. The van der Waals surface area contributed by atoms with Crippen molar-refractivity contribution in [2.75, 3.05) is 17.6 Å². The van der Waals surface area contributed by atoms with Gasteiger partial charge < -0.3 is 15.2 Å². The van der Waals surface area contributed by atoms with Crippen LogP contribution >= 0.6 is 11.8 Å². The maximum absolute atomic E-state index is 11.7. The molecule has 2 N–H and O–H groups in total. The minimum Gasteiger partial charge on any atom is -0.480 e. The van der Waals surface area contributed by atoms with Gasteiger partial charge in [0.15, 0.2) is 0 Å². The molecule has 0 saturated heterocycles. The smallest absolute Gasteiger partial charge is 0.322 e. The Balaban J connectivity index is 2.59. The lowest BCUT2D eigenvalue weighted by molar-refractivity contribution is -0.151. The molecule has 0 aliphatic rings. The fourth-order valence-corrected chi connectivity index (χ4v) is 2.22. The lowest BCUT2D eigenvalue weighted by Gasteiger charge is -2.19. The van der Waals surface area contributed by atoms with Gasteiger partial charge in [0.2, 0.25) is 0 Å². The van der Waals surface area contributed by atoms with Crippen molar-refractivity contribution in [2.45, 2.75) is 31.3 Å². The molecule has 0 radical (unpaired) electrons. The lowest BCUT2D eigenvalue weighted by atomic mass is 10.2. The molecule has 0 unspecified atom stereocenters. The Kier molecular flexibility index (Phi) is 5.88. The Morgan fingerprint density at radius 2 is 1.95 bits per heavy atom. The van der Waals surface area contributed by atoms with Crippen LogP contribution in [0.5, 0.6) is 0 Å². The third-order valence-corrected chi connectivity index (χ3v) is 3.13. The number of carboxylic acids is 1. The maximum Gasteiger partial charge on any atom is 0.322 e. The minimum atomic E-state index is -0.933. The van der Waals surface area contributed by atoms with Gasteiger partial charge in [-0.05, 0) is 32.9 Å². The van der Waals surface area contributed by atoms with Crippen molar-refractivity contribution in [3.63, 3.8) is 0 Å². The molecule has 0 heterocycles. The third kappa shape index (κ3) is 6.47. The molecule has 0 amide bonds. The normalized spacial score (nSPS) is 10.9. The van der Waals surface area contributed by atoms with Gasteiger partial charge in [-0.15, -0.1) is 11.8 Å². The van der Waals surface area contributed by atoms with Crippen LogP contribution in [-0.4, -0.2) is 34.9 Å². The molecule has 1 rings (SSSR count). The second kappa shape index (κ2) is 7.19. The van der Waals surface area contributed by atoms with Gasteiger partial charge in [0.1, 0.15) is 12.1 Å². The van der Waals surface area contributed by atoms with Crippen LogP contribution in [0.1, 0.15) is 20.8 Å². The van der Waals surface area contributed by atoms with Gasteiger partial charge in [0.25, 0.3) is 0 Å². The predicted octanol–water partition coefficient (Wildman–Crippen LogP) is 2.62. The van der Waals surface area contributed by atoms with Crippen molar-refractivity contribution in [1.29, 1.82) is 0 Å². The summed E-state index contributed by atoms with van der Waals surface area (Å²) in [5.74, 6) is -1.05. The van der Waals surface area contributed by atoms with Crippen LogP contribution in [0.15, 0.2) is 29.2 Å². The van der Waals surface area contributed by atoms with Gasteiger partial charge in [-0.3, -0.25) is 9.59 Å². The molecule has 0 spiro atoms. The van der Waals surface area contributed by atoms with Gasteiger partial charge in [-0.2, -0.15) is 0 Å². The zero-order valence-electron chi connectivity index (χ0n) is 11.8. The molecule has 0 atom stereocenters. The summed E-state index contributed by atoms with van der Waals surface area (Å²) in [6, 6.07) is 7.25. The number of rotatable bonds is 6. The number of nitrogens with one attached hydrogen (secondary N) is 1. The van der Waals surface area contributed by atoms with Crippen molar-refractivity contribution in [3.05, 3.63) is 24.3 Å². The number of hydrogen-bond acceptors (Lipinski definition) is 5. The minimum absolute atomic E-state index is 0.163. The fourth-order valence-electron chi connectivity index (χ4n) is 1.42. The Morgan fingerprint density at radius 3 is 2.55 bits per heavy atom. The van der Waals surface area contributed by atoms with E-state index in [1.165, 1.54) is 11.8 Å². The molecule has 5 nitrogen and oxygen atoms in total. The molecule has 110 valence electrons. The first-order valence-electron chi connectivity index (χ1n) is 6.17. The summed E-state index contributed by atoms with van der Waals surface area (Å²) in [6.45, 7) is 5.29. The van der Waals surface area contributed by atoms with Crippen LogP contribution in [0.2, 0.25) is 0 Å². The average Bonchev–Trinajstić information content (AvgIpc) is 2.32. The quantitative estimate of drug-likeness (QED) is 0.621. The zero-order valence-corrected chi connectivity index (χ0v) is 12.6. The van der Waals surface area contributed by atoms with Crippen LogP contribution in [-0.2, 0) is 14.3 Å². The molecule has 0 aliphatic carbocycles. The predicted molar refractivity (Wildman–Crippen MR) is 79.1 cm³/mol. The van der Waals surface area contributed by atoms with E-state index < -0.39 is 11.6 Å². The van der Waals surface area contributed by atoms with E-state index in [4.69, 9.17) is 9.84 Å². The first-order chi connectivity index (χ1) is 9.28. The summed E-state index contributed by atoms with van der Waals surface area (Å²) in [4.78, 5) is 23.0. The van der Waals surface area contributed by atoms with Crippen molar-refractivity contribution >= 4 is 29.4 Å². The van der Waals surface area contributed by atoms with Gasteiger partial charge in [-0.25, -0.2) is 0 Å². The number of thioether (sulfide) groups is 1. The van der Waals surface area contributed by atoms with Crippen LogP contribution in [0.4, 0.5) is 5.69 Å². The van der Waals surface area contributed by atoms with Crippen molar-refractivity contribution in [1.82, 2.24) is 0 Å². The van der Waals surface area contributed by atoms with Crippen LogP contribution in [0.25, 0.3) is 0 Å². The number of hydrogen-bond donors (Lipinski definition) is 2. The zero-order chi connectivity index (χ0) is 15.2. The van der Waals surface area contributed by atoms with E-state index in [-0.39, 0.29) is 18.3 Å². The number of carbonyl (C=O) groups is 2. The van der Waals surface area contributed by atoms with E-state index in [9.17, 15) is 9.59 Å². The van der Waals surface area contributed by atoms with E-state index in [2.05, 4.69) is 5.32 Å². The van der Waals surface area contributed by atoms with E-state index in [1.54, 1.807) is 6.07 Å². The molecule has 20 heavy (non-hydrogen) atoms. The lowest BCUT2D eigenvalue weighted by Crippen LogP contribution is -2.24. The van der Waals surface area contributed by atoms with Crippen molar-refractivity contribution < 1.29 is 19.4 Å². The molecule has 0 aliphatic heterocycles. The number of aliphatic carboxylic acids is 1. The molecule has 0 aromatic heterocycles. The number of ether oxygens (including phenoxy) is 1. The Labute approximate surface area is 122 Å². The summed E-state index contributed by atoms with van der Waals surface area (Å²) < 4.78 is 5.22. The van der Waals surface area contributed by atoms with E-state index in [0.717, 1.165) is 4.90 Å². The Morgan fingerprint density at radius 1 is 1.30 bits per heavy atom. The second-order valence-electron chi connectivity index (χ2n) is 5.12. The highest BCUT2D eigenvalue weighted by atomic mass is 32.2. The molecule has 1 aromatic carbocycles. The second-order valence-corrected chi connectivity index (χ2v) is 6.14. The molecular weight excluding hydrogens is 278 g/mol. The number of carboxylic acid groups (broad SMARTS) is 1. The molecule has 6 heteroatoms.